The first-order valence-electron chi connectivity index (χ1n) is 9.54. The molecule has 0 radical (unpaired) electrons. The highest BCUT2D eigenvalue weighted by Gasteiger charge is 2.15. The average molecular weight is 446 g/mol. The molecule has 0 unspecified atom stereocenters. The number of morpholine rings is 1. The molecule has 164 valence electrons. The number of nitrogens with one attached hydrogen (secondary N) is 1. The fraction of sp³-hybridized carbons (Fsp3) is 0.300. The molecule has 0 atom stereocenters. The molecule has 1 aromatic carbocycles. The number of ketones is 1. The van der Waals surface area contributed by atoms with E-state index in [0.717, 1.165) is 13.1 Å². The Morgan fingerprint density at radius 2 is 1.77 bits per heavy atom. The summed E-state index contributed by atoms with van der Waals surface area (Å²) in [6.45, 7) is 2.52. The van der Waals surface area contributed by atoms with Crippen LogP contribution in [0.1, 0.15) is 22.3 Å². The molecule has 1 fully saturated rings. The Hall–Kier alpha value is -3.15. The van der Waals surface area contributed by atoms with E-state index < -0.39 is 16.0 Å². The molecule has 11 heteroatoms. The maximum absolute atomic E-state index is 12.4. The van der Waals surface area contributed by atoms with Crippen molar-refractivity contribution in [2.75, 3.05) is 37.7 Å². The number of aromatic nitrogens is 2. The summed E-state index contributed by atoms with van der Waals surface area (Å²) < 4.78 is 31.7. The van der Waals surface area contributed by atoms with Gasteiger partial charge < -0.3 is 14.7 Å². The lowest BCUT2D eigenvalue weighted by Gasteiger charge is -2.26. The maximum Gasteiger partial charge on any atom is 0.304 e. The number of aliphatic carboxylic acids is 1. The van der Waals surface area contributed by atoms with Crippen LogP contribution < -0.4 is 9.62 Å². The van der Waals surface area contributed by atoms with Gasteiger partial charge >= 0.3 is 5.97 Å². The first kappa shape index (κ1) is 22.5. The number of allylic oxidation sites excluding steroid dienone is 1. The first-order chi connectivity index (χ1) is 14.8. The Bertz CT molecular complexity index is 1050. The zero-order valence-electron chi connectivity index (χ0n) is 16.6. The molecule has 1 aliphatic rings. The van der Waals surface area contributed by atoms with E-state index in [0.29, 0.717) is 30.3 Å². The fourth-order valence-corrected chi connectivity index (χ4v) is 3.82. The van der Waals surface area contributed by atoms with Crippen molar-refractivity contribution in [3.63, 3.8) is 0 Å². The van der Waals surface area contributed by atoms with Gasteiger partial charge in [-0.25, -0.2) is 23.1 Å². The third-order valence-electron chi connectivity index (χ3n) is 4.46. The monoisotopic (exact) mass is 446 g/mol. The SMILES string of the molecule is O=C(O)CCNS(=O)(=O)c1ccc(C(=O)/C=C/c2cnc(N3CCOCC3)nc2)cc1. The number of benzene rings is 1. The summed E-state index contributed by atoms with van der Waals surface area (Å²) in [5, 5.41) is 8.59. The summed E-state index contributed by atoms with van der Waals surface area (Å²) in [5.74, 6) is -0.794. The van der Waals surface area contributed by atoms with Crippen LogP contribution in [0.4, 0.5) is 5.95 Å². The molecular formula is C20H22N4O6S. The Morgan fingerprint density at radius 1 is 1.13 bits per heavy atom. The Labute approximate surface area is 179 Å². The number of ether oxygens (including phenoxy) is 1. The van der Waals surface area contributed by atoms with Crippen LogP contribution in [0.3, 0.4) is 0 Å². The summed E-state index contributed by atoms with van der Waals surface area (Å²) in [5.41, 5.74) is 0.971. The van der Waals surface area contributed by atoms with E-state index in [4.69, 9.17) is 9.84 Å². The van der Waals surface area contributed by atoms with Crippen molar-refractivity contribution in [1.82, 2.24) is 14.7 Å². The van der Waals surface area contributed by atoms with Crippen molar-refractivity contribution in [3.05, 3.63) is 53.9 Å². The van der Waals surface area contributed by atoms with Crippen molar-refractivity contribution in [2.45, 2.75) is 11.3 Å². The van der Waals surface area contributed by atoms with Gasteiger partial charge in [0.15, 0.2) is 5.78 Å². The van der Waals surface area contributed by atoms with E-state index in [-0.39, 0.29) is 23.6 Å². The maximum atomic E-state index is 12.4. The second-order valence-electron chi connectivity index (χ2n) is 6.68. The lowest BCUT2D eigenvalue weighted by molar-refractivity contribution is -0.136. The molecule has 2 N–H and O–H groups in total. The van der Waals surface area contributed by atoms with Crippen LogP contribution in [0.2, 0.25) is 0 Å². The second-order valence-corrected chi connectivity index (χ2v) is 8.45. The van der Waals surface area contributed by atoms with Gasteiger partial charge in [-0.15, -0.1) is 0 Å². The highest BCUT2D eigenvalue weighted by atomic mass is 32.2. The van der Waals surface area contributed by atoms with E-state index in [1.807, 2.05) is 4.90 Å². The van der Waals surface area contributed by atoms with Gasteiger partial charge in [-0.2, -0.15) is 0 Å². The first-order valence-corrected chi connectivity index (χ1v) is 11.0. The topological polar surface area (TPSA) is 139 Å². The van der Waals surface area contributed by atoms with Crippen LogP contribution in [0.5, 0.6) is 0 Å². The van der Waals surface area contributed by atoms with E-state index >= 15 is 0 Å². The minimum atomic E-state index is -3.84. The number of carboxylic acid groups (broad SMARTS) is 1. The molecule has 2 aromatic rings. The van der Waals surface area contributed by atoms with Gasteiger partial charge in [0.05, 0.1) is 24.5 Å². The number of hydrogen-bond acceptors (Lipinski definition) is 8. The summed E-state index contributed by atoms with van der Waals surface area (Å²) >= 11 is 0. The number of carbonyl (C=O) groups is 2. The van der Waals surface area contributed by atoms with E-state index in [9.17, 15) is 18.0 Å². The molecule has 0 bridgehead atoms. The lowest BCUT2D eigenvalue weighted by atomic mass is 10.1. The molecule has 31 heavy (non-hydrogen) atoms. The lowest BCUT2D eigenvalue weighted by Crippen LogP contribution is -2.37. The van der Waals surface area contributed by atoms with Crippen LogP contribution in [0, 0.1) is 0 Å². The zero-order valence-corrected chi connectivity index (χ0v) is 17.4. The number of sulfonamides is 1. The van der Waals surface area contributed by atoms with Crippen LogP contribution in [-0.4, -0.2) is 68.1 Å². The molecule has 2 heterocycles. The van der Waals surface area contributed by atoms with Gasteiger partial charge in [0.2, 0.25) is 16.0 Å². The van der Waals surface area contributed by atoms with Crippen molar-refractivity contribution < 1.29 is 27.9 Å². The molecule has 1 saturated heterocycles. The molecule has 3 rings (SSSR count). The third kappa shape index (κ3) is 6.41. The standard InChI is InChI=1S/C20H22N4O6S/c25-18(6-1-15-13-21-20(22-14-15)24-9-11-30-12-10-24)16-2-4-17(5-3-16)31(28,29)23-8-7-19(26)27/h1-6,13-14,23H,7-12H2,(H,26,27)/b6-1+. The number of anilines is 1. The molecule has 0 saturated carbocycles. The fourth-order valence-electron chi connectivity index (χ4n) is 2.79. The van der Waals surface area contributed by atoms with Crippen molar-refractivity contribution in [3.8, 4) is 0 Å². The van der Waals surface area contributed by atoms with Crippen LogP contribution >= 0.6 is 0 Å². The Kier molecular flexibility index (Phi) is 7.45. The number of carbonyl (C=O) groups excluding carboxylic acids is 1. The third-order valence-corrected chi connectivity index (χ3v) is 5.94. The molecule has 10 nitrogen and oxygen atoms in total. The van der Waals surface area contributed by atoms with E-state index in [1.165, 1.54) is 30.3 Å². The van der Waals surface area contributed by atoms with E-state index in [2.05, 4.69) is 14.7 Å². The molecule has 1 aliphatic heterocycles. The van der Waals surface area contributed by atoms with Gasteiger partial charge in [0.1, 0.15) is 0 Å². The summed E-state index contributed by atoms with van der Waals surface area (Å²) in [6, 6.07) is 5.39. The summed E-state index contributed by atoms with van der Waals surface area (Å²) in [6.07, 6.45) is 5.88. The number of carboxylic acids is 1. The largest absolute Gasteiger partial charge is 0.481 e. The quantitative estimate of drug-likeness (QED) is 0.426. The highest BCUT2D eigenvalue weighted by Crippen LogP contribution is 2.13. The highest BCUT2D eigenvalue weighted by molar-refractivity contribution is 7.89. The van der Waals surface area contributed by atoms with Gasteiger partial charge in [0.25, 0.3) is 0 Å². The minimum absolute atomic E-state index is 0.0504. The van der Waals surface area contributed by atoms with Crippen LogP contribution in [0.25, 0.3) is 6.08 Å². The Morgan fingerprint density at radius 3 is 2.39 bits per heavy atom. The van der Waals surface area contributed by atoms with Crippen LogP contribution in [0.15, 0.2) is 47.6 Å². The number of hydrogen-bond donors (Lipinski definition) is 2. The van der Waals surface area contributed by atoms with Gasteiger partial charge in [0, 0.05) is 43.2 Å². The van der Waals surface area contributed by atoms with Crippen LogP contribution in [-0.2, 0) is 19.6 Å². The number of rotatable bonds is 9. The predicted octanol–water partition coefficient (Wildman–Crippen LogP) is 0.962. The molecular weight excluding hydrogens is 424 g/mol. The molecule has 1 aromatic heterocycles. The summed E-state index contributed by atoms with van der Waals surface area (Å²) in [7, 11) is -3.84. The van der Waals surface area contributed by atoms with Gasteiger partial charge in [-0.1, -0.05) is 0 Å². The van der Waals surface area contributed by atoms with Crippen molar-refractivity contribution in [2.24, 2.45) is 0 Å². The molecule has 0 spiro atoms. The zero-order chi connectivity index (χ0) is 22.3. The van der Waals surface area contributed by atoms with E-state index in [1.54, 1.807) is 18.5 Å². The predicted molar refractivity (Wildman–Crippen MR) is 112 cm³/mol. The van der Waals surface area contributed by atoms with Gasteiger partial charge in [-0.3, -0.25) is 9.59 Å². The average Bonchev–Trinajstić information content (AvgIpc) is 2.78. The molecule has 0 aliphatic carbocycles. The normalized spacial score (nSPS) is 14.6. The number of nitrogens with zero attached hydrogens (tertiary/aromatic N) is 3. The smallest absolute Gasteiger partial charge is 0.304 e. The van der Waals surface area contributed by atoms with Gasteiger partial charge in [-0.05, 0) is 36.4 Å². The van der Waals surface area contributed by atoms with Crippen molar-refractivity contribution in [1.29, 1.82) is 0 Å². The summed E-state index contributed by atoms with van der Waals surface area (Å²) in [4.78, 5) is 33.5. The minimum Gasteiger partial charge on any atom is -0.481 e. The van der Waals surface area contributed by atoms with Crippen molar-refractivity contribution >= 4 is 33.8 Å². The molecule has 0 amide bonds. The Balaban J connectivity index is 1.60. The second kappa shape index (κ2) is 10.2.